The van der Waals surface area contributed by atoms with Gasteiger partial charge in [-0.15, -0.1) is 0 Å². The molecule has 204 valence electrons. The molecule has 0 aliphatic heterocycles. The van der Waals surface area contributed by atoms with Crippen molar-refractivity contribution < 1.29 is 19.0 Å². The zero-order chi connectivity index (χ0) is 28.1. The second kappa shape index (κ2) is 11.7. The monoisotopic (exact) mass is 540 g/mol. The third kappa shape index (κ3) is 5.78. The van der Waals surface area contributed by atoms with E-state index in [0.29, 0.717) is 30.3 Å². The summed E-state index contributed by atoms with van der Waals surface area (Å²) < 4.78 is 16.9. The first-order valence-corrected chi connectivity index (χ1v) is 12.6. The lowest BCUT2D eigenvalue weighted by molar-refractivity contribution is 0.0519. The first-order valence-electron chi connectivity index (χ1n) is 12.6. The second-order valence-corrected chi connectivity index (χ2v) is 8.90. The molecule has 3 heterocycles. The summed E-state index contributed by atoms with van der Waals surface area (Å²) in [6.45, 7) is 3.04. The number of hydrogen-bond acceptors (Lipinski definition) is 9. The molecule has 0 aliphatic carbocycles. The normalized spacial score (nSPS) is 10.9. The summed E-state index contributed by atoms with van der Waals surface area (Å²) in [4.78, 5) is 38.9. The lowest BCUT2D eigenvalue weighted by Crippen LogP contribution is -2.24. The van der Waals surface area contributed by atoms with E-state index in [-0.39, 0.29) is 17.8 Å². The van der Waals surface area contributed by atoms with E-state index in [9.17, 15) is 9.59 Å². The summed E-state index contributed by atoms with van der Waals surface area (Å²) in [5.74, 6) is 1.49. The van der Waals surface area contributed by atoms with Crippen molar-refractivity contribution in [3.05, 3.63) is 100 Å². The van der Waals surface area contributed by atoms with E-state index >= 15 is 0 Å². The van der Waals surface area contributed by atoms with Gasteiger partial charge in [-0.3, -0.25) is 4.79 Å². The van der Waals surface area contributed by atoms with Gasteiger partial charge in [0, 0.05) is 37.1 Å². The number of fused-ring (bicyclic) bond motifs is 1. The number of aromatic nitrogens is 5. The molecule has 1 N–H and O–H groups in total. The average molecular weight is 541 g/mol. The molecule has 0 saturated carbocycles. The largest absolute Gasteiger partial charge is 0.497 e. The van der Waals surface area contributed by atoms with E-state index in [2.05, 4.69) is 25.0 Å². The Balaban J connectivity index is 1.43. The average Bonchev–Trinajstić information content (AvgIpc) is 3.43. The van der Waals surface area contributed by atoms with Crippen molar-refractivity contribution in [3.63, 3.8) is 0 Å². The predicted octanol–water partition coefficient (Wildman–Crippen LogP) is 3.88. The van der Waals surface area contributed by atoms with E-state index < -0.39 is 11.5 Å². The van der Waals surface area contributed by atoms with Crippen LogP contribution in [0.2, 0.25) is 0 Å². The Morgan fingerprint density at radius 3 is 2.02 bits per heavy atom. The molecule has 5 rings (SSSR count). The molecule has 40 heavy (non-hydrogen) atoms. The Morgan fingerprint density at radius 2 is 1.50 bits per heavy atom. The number of methoxy groups -OCH3 is 2. The zero-order valence-electron chi connectivity index (χ0n) is 22.3. The highest BCUT2D eigenvalue weighted by molar-refractivity contribution is 5.88. The Bertz CT molecular complexity index is 1610. The van der Waals surface area contributed by atoms with Crippen LogP contribution in [0.25, 0.3) is 16.8 Å². The number of anilines is 1. The van der Waals surface area contributed by atoms with Crippen LogP contribution in [0.5, 0.6) is 11.5 Å². The number of nitrogens with one attached hydrogen (secondary N) is 1. The molecule has 0 unspecified atom stereocenters. The van der Waals surface area contributed by atoms with Crippen LogP contribution in [0.4, 0.5) is 5.95 Å². The number of H-pyrrole nitrogens is 1. The SMILES string of the molecule is CCOC(=O)c1cc2c(=O)[nH]c(-c3cnc(N(Cc4ccc(OC)cc4)Cc4ccc(OC)cc4)nc3)cn2n1. The maximum atomic E-state index is 12.7. The summed E-state index contributed by atoms with van der Waals surface area (Å²) in [6, 6.07) is 17.1. The topological polar surface area (TPSA) is 124 Å². The number of hydrogen-bond donors (Lipinski definition) is 1. The van der Waals surface area contributed by atoms with Crippen LogP contribution in [0, 0.1) is 0 Å². The quantitative estimate of drug-likeness (QED) is 0.263. The van der Waals surface area contributed by atoms with E-state index in [4.69, 9.17) is 14.2 Å². The molecule has 2 aromatic carbocycles. The first-order chi connectivity index (χ1) is 19.5. The number of rotatable bonds is 10. The van der Waals surface area contributed by atoms with Crippen LogP contribution in [0.1, 0.15) is 28.5 Å². The van der Waals surface area contributed by atoms with Crippen molar-refractivity contribution in [1.82, 2.24) is 24.6 Å². The number of carbonyl (C=O) groups is 1. The molecule has 0 bridgehead atoms. The molecule has 0 aliphatic rings. The summed E-state index contributed by atoms with van der Waals surface area (Å²) in [7, 11) is 3.27. The van der Waals surface area contributed by atoms with E-state index in [1.165, 1.54) is 10.6 Å². The highest BCUT2D eigenvalue weighted by Gasteiger charge is 2.16. The van der Waals surface area contributed by atoms with Gasteiger partial charge in [-0.05, 0) is 42.3 Å². The number of carbonyl (C=O) groups excluding carboxylic acids is 1. The molecular formula is C29H28N6O5. The highest BCUT2D eigenvalue weighted by Crippen LogP contribution is 2.22. The number of nitrogens with zero attached hydrogens (tertiary/aromatic N) is 5. The lowest BCUT2D eigenvalue weighted by atomic mass is 10.1. The van der Waals surface area contributed by atoms with Gasteiger partial charge in [-0.2, -0.15) is 5.10 Å². The fourth-order valence-corrected chi connectivity index (χ4v) is 4.18. The molecule has 3 aromatic heterocycles. The van der Waals surface area contributed by atoms with Gasteiger partial charge in [0.05, 0.1) is 32.7 Å². The maximum Gasteiger partial charge on any atom is 0.358 e. The fourth-order valence-electron chi connectivity index (χ4n) is 4.18. The zero-order valence-corrected chi connectivity index (χ0v) is 22.3. The van der Waals surface area contributed by atoms with Gasteiger partial charge in [0.25, 0.3) is 5.56 Å². The van der Waals surface area contributed by atoms with Gasteiger partial charge in [-0.1, -0.05) is 24.3 Å². The van der Waals surface area contributed by atoms with Crippen LogP contribution in [-0.2, 0) is 17.8 Å². The maximum absolute atomic E-state index is 12.7. The highest BCUT2D eigenvalue weighted by atomic mass is 16.5. The van der Waals surface area contributed by atoms with Crippen LogP contribution < -0.4 is 19.9 Å². The van der Waals surface area contributed by atoms with E-state index in [0.717, 1.165) is 22.6 Å². The lowest BCUT2D eigenvalue weighted by Gasteiger charge is -2.23. The van der Waals surface area contributed by atoms with Crippen molar-refractivity contribution >= 4 is 17.4 Å². The molecule has 0 spiro atoms. The van der Waals surface area contributed by atoms with E-state index in [1.54, 1.807) is 39.7 Å². The van der Waals surface area contributed by atoms with Crippen molar-refractivity contribution in [2.75, 3.05) is 25.7 Å². The summed E-state index contributed by atoms with van der Waals surface area (Å²) in [5.41, 5.74) is 3.06. The van der Waals surface area contributed by atoms with Gasteiger partial charge in [0.2, 0.25) is 5.95 Å². The number of benzene rings is 2. The van der Waals surface area contributed by atoms with Gasteiger partial charge in [0.1, 0.15) is 17.0 Å². The molecular weight excluding hydrogens is 512 g/mol. The number of esters is 1. The Morgan fingerprint density at radius 1 is 0.925 bits per heavy atom. The number of ether oxygens (including phenoxy) is 3. The summed E-state index contributed by atoms with van der Waals surface area (Å²) in [6.07, 6.45) is 4.90. The van der Waals surface area contributed by atoms with Crippen LogP contribution in [-0.4, -0.2) is 51.4 Å². The third-order valence-electron chi connectivity index (χ3n) is 6.25. The minimum atomic E-state index is -0.589. The van der Waals surface area contributed by atoms with Crippen molar-refractivity contribution in [3.8, 4) is 22.8 Å². The van der Waals surface area contributed by atoms with Gasteiger partial charge in [-0.25, -0.2) is 19.3 Å². The summed E-state index contributed by atoms with van der Waals surface area (Å²) in [5, 5.41) is 4.20. The molecule has 0 atom stereocenters. The number of aromatic amines is 1. The third-order valence-corrected chi connectivity index (χ3v) is 6.25. The Kier molecular flexibility index (Phi) is 7.72. The predicted molar refractivity (Wildman–Crippen MR) is 149 cm³/mol. The standard InChI is InChI=1S/C29H28N6O5/c1-4-40-28(37)24-13-26-27(36)32-25(18-35(26)33-24)21-14-30-29(31-15-21)34(16-19-5-9-22(38-2)10-6-19)17-20-7-11-23(39-3)12-8-20/h5-15,18H,4,16-17H2,1-3H3,(H,32,36). The smallest absolute Gasteiger partial charge is 0.358 e. The van der Waals surface area contributed by atoms with Crippen LogP contribution >= 0.6 is 0 Å². The molecule has 11 heteroatoms. The minimum Gasteiger partial charge on any atom is -0.497 e. The van der Waals surface area contributed by atoms with Crippen LogP contribution in [0.3, 0.4) is 0 Å². The van der Waals surface area contributed by atoms with Crippen LogP contribution in [0.15, 0.2) is 78.0 Å². The van der Waals surface area contributed by atoms with Gasteiger partial charge >= 0.3 is 5.97 Å². The molecule has 11 nitrogen and oxygen atoms in total. The molecule has 5 aromatic rings. The van der Waals surface area contributed by atoms with Crippen molar-refractivity contribution in [2.24, 2.45) is 0 Å². The van der Waals surface area contributed by atoms with Gasteiger partial charge < -0.3 is 24.1 Å². The van der Waals surface area contributed by atoms with Crippen molar-refractivity contribution in [1.29, 1.82) is 0 Å². The molecule has 0 fully saturated rings. The molecule has 0 amide bonds. The summed E-state index contributed by atoms with van der Waals surface area (Å²) >= 11 is 0. The Labute approximate surface area is 230 Å². The Hall–Kier alpha value is -5.19. The van der Waals surface area contributed by atoms with E-state index in [1.807, 2.05) is 48.5 Å². The first kappa shape index (κ1) is 26.4. The second-order valence-electron chi connectivity index (χ2n) is 8.90. The van der Waals surface area contributed by atoms with Gasteiger partial charge in [0.15, 0.2) is 5.69 Å². The minimum absolute atomic E-state index is 0.0591. The van der Waals surface area contributed by atoms with Crippen molar-refractivity contribution in [2.45, 2.75) is 20.0 Å². The fraction of sp³-hybridized carbons (Fsp3) is 0.207. The molecule has 0 saturated heterocycles. The molecule has 0 radical (unpaired) electrons.